The fourth-order valence-electron chi connectivity index (χ4n) is 2.64. The van der Waals surface area contributed by atoms with Crippen LogP contribution in [-0.4, -0.2) is 22.9 Å². The highest BCUT2D eigenvalue weighted by molar-refractivity contribution is 7.16. The van der Waals surface area contributed by atoms with Gasteiger partial charge in [-0.05, 0) is 31.2 Å². The molecule has 0 atom stereocenters. The highest BCUT2D eigenvalue weighted by Crippen LogP contribution is 2.31. The minimum absolute atomic E-state index is 0.0677. The summed E-state index contributed by atoms with van der Waals surface area (Å²) in [5.74, 6) is 0.406. The number of para-hydroxylation sites is 1. The van der Waals surface area contributed by atoms with E-state index in [1.807, 2.05) is 31.2 Å². The molecule has 0 radical (unpaired) electrons. The van der Waals surface area contributed by atoms with Crippen LogP contribution in [0.3, 0.4) is 0 Å². The lowest BCUT2D eigenvalue weighted by Gasteiger charge is -2.03. The third kappa shape index (κ3) is 4.29. The second-order valence-electron chi connectivity index (χ2n) is 5.76. The van der Waals surface area contributed by atoms with Gasteiger partial charge in [0.05, 0.1) is 24.1 Å². The summed E-state index contributed by atoms with van der Waals surface area (Å²) in [6.07, 6.45) is -0.0896. The average molecular weight is 383 g/mol. The van der Waals surface area contributed by atoms with E-state index in [1.165, 1.54) is 17.4 Å². The lowest BCUT2D eigenvalue weighted by Crippen LogP contribution is -2.15. The van der Waals surface area contributed by atoms with E-state index >= 15 is 0 Å². The van der Waals surface area contributed by atoms with Crippen molar-refractivity contribution in [1.29, 1.82) is 0 Å². The van der Waals surface area contributed by atoms with Crippen molar-refractivity contribution in [1.82, 2.24) is 4.98 Å². The number of nitrogens with one attached hydrogen (secondary N) is 1. The minimum Gasteiger partial charge on any atom is -0.497 e. The molecule has 0 saturated heterocycles. The first kappa shape index (κ1) is 18.5. The molecule has 3 aromatic rings. The highest BCUT2D eigenvalue weighted by Gasteiger charge is 2.17. The van der Waals surface area contributed by atoms with Gasteiger partial charge in [0.1, 0.15) is 5.75 Å². The number of amides is 1. The summed E-state index contributed by atoms with van der Waals surface area (Å²) in [4.78, 5) is 28.3. The van der Waals surface area contributed by atoms with E-state index in [9.17, 15) is 14.9 Å². The number of nitro benzene ring substituents is 1. The van der Waals surface area contributed by atoms with Gasteiger partial charge < -0.3 is 10.1 Å². The second kappa shape index (κ2) is 7.96. The number of ether oxygens (including phenoxy) is 1. The summed E-state index contributed by atoms with van der Waals surface area (Å²) >= 11 is 1.36. The predicted octanol–water partition coefficient (Wildman–Crippen LogP) is 4.22. The molecule has 0 unspecified atom stereocenters. The van der Waals surface area contributed by atoms with E-state index in [1.54, 1.807) is 25.3 Å². The van der Waals surface area contributed by atoms with Crippen molar-refractivity contribution in [2.24, 2.45) is 0 Å². The number of nitro groups is 1. The first-order valence-electron chi connectivity index (χ1n) is 8.12. The molecule has 1 heterocycles. The van der Waals surface area contributed by atoms with Crippen LogP contribution in [0.4, 0.5) is 10.8 Å². The maximum Gasteiger partial charge on any atom is 0.273 e. The van der Waals surface area contributed by atoms with Crippen LogP contribution in [0.5, 0.6) is 5.75 Å². The number of hydrogen-bond donors (Lipinski definition) is 1. The molecule has 1 aromatic heterocycles. The molecular weight excluding hydrogens is 366 g/mol. The van der Waals surface area contributed by atoms with Crippen molar-refractivity contribution < 1.29 is 14.5 Å². The topological polar surface area (TPSA) is 94.4 Å². The SMILES string of the molecule is COc1ccc(-c2nc(NC(=O)Cc3ccccc3[N+](=O)[O-])sc2C)cc1. The molecule has 0 saturated carbocycles. The fourth-order valence-corrected chi connectivity index (χ4v) is 3.49. The van der Waals surface area contributed by atoms with E-state index < -0.39 is 4.92 Å². The molecule has 0 aliphatic rings. The Morgan fingerprint density at radius 2 is 1.93 bits per heavy atom. The van der Waals surface area contributed by atoms with Gasteiger partial charge in [-0.15, -0.1) is 11.3 Å². The molecule has 1 amide bonds. The molecule has 0 spiro atoms. The number of hydrogen-bond acceptors (Lipinski definition) is 6. The van der Waals surface area contributed by atoms with Gasteiger partial charge in [0, 0.05) is 22.1 Å². The number of benzene rings is 2. The van der Waals surface area contributed by atoms with E-state index in [0.29, 0.717) is 10.7 Å². The maximum absolute atomic E-state index is 12.3. The zero-order valence-corrected chi connectivity index (χ0v) is 15.6. The standard InChI is InChI=1S/C19H17N3O4S/c1-12-18(13-7-9-15(26-2)10-8-13)21-19(27-12)20-17(23)11-14-5-3-4-6-16(14)22(24)25/h3-10H,11H2,1-2H3,(H,20,21,23). The monoisotopic (exact) mass is 383 g/mol. The van der Waals surface area contributed by atoms with Crippen LogP contribution in [0.2, 0.25) is 0 Å². The van der Waals surface area contributed by atoms with Crippen molar-refractivity contribution in [2.75, 3.05) is 12.4 Å². The Labute approximate surface area is 159 Å². The third-order valence-corrected chi connectivity index (χ3v) is 4.83. The summed E-state index contributed by atoms with van der Waals surface area (Å²) in [5, 5.41) is 14.3. The number of rotatable bonds is 6. The normalized spacial score (nSPS) is 10.4. The number of thiazole rings is 1. The molecule has 7 nitrogen and oxygen atoms in total. The number of aromatic nitrogens is 1. The van der Waals surface area contributed by atoms with E-state index in [-0.39, 0.29) is 18.0 Å². The van der Waals surface area contributed by atoms with Gasteiger partial charge in [-0.25, -0.2) is 4.98 Å². The molecule has 3 rings (SSSR count). The number of aryl methyl sites for hydroxylation is 1. The number of anilines is 1. The van der Waals surface area contributed by atoms with Gasteiger partial charge >= 0.3 is 0 Å². The van der Waals surface area contributed by atoms with Crippen molar-refractivity contribution >= 4 is 28.1 Å². The van der Waals surface area contributed by atoms with E-state index in [4.69, 9.17) is 4.74 Å². The van der Waals surface area contributed by atoms with E-state index in [0.717, 1.165) is 21.9 Å². The smallest absolute Gasteiger partial charge is 0.273 e. The highest BCUT2D eigenvalue weighted by atomic mass is 32.1. The minimum atomic E-state index is -0.488. The van der Waals surface area contributed by atoms with Crippen LogP contribution >= 0.6 is 11.3 Å². The first-order valence-corrected chi connectivity index (χ1v) is 8.93. The van der Waals surface area contributed by atoms with Crippen molar-refractivity contribution in [2.45, 2.75) is 13.3 Å². The third-order valence-electron chi connectivity index (χ3n) is 3.95. The van der Waals surface area contributed by atoms with Crippen LogP contribution in [0.15, 0.2) is 48.5 Å². The number of carbonyl (C=O) groups excluding carboxylic acids is 1. The zero-order valence-electron chi connectivity index (χ0n) is 14.8. The fraction of sp³-hybridized carbons (Fsp3) is 0.158. The van der Waals surface area contributed by atoms with Crippen LogP contribution in [0, 0.1) is 17.0 Å². The van der Waals surface area contributed by atoms with Crippen molar-refractivity contribution in [3.63, 3.8) is 0 Å². The van der Waals surface area contributed by atoms with Gasteiger partial charge in [-0.2, -0.15) is 0 Å². The number of nitrogens with zero attached hydrogens (tertiary/aromatic N) is 2. The summed E-state index contributed by atoms with van der Waals surface area (Å²) in [7, 11) is 1.60. The summed E-state index contributed by atoms with van der Waals surface area (Å²) < 4.78 is 5.15. The largest absolute Gasteiger partial charge is 0.497 e. The Bertz CT molecular complexity index is 983. The van der Waals surface area contributed by atoms with Gasteiger partial charge in [0.25, 0.3) is 5.69 Å². The molecule has 0 aliphatic heterocycles. The predicted molar refractivity (Wildman–Crippen MR) is 104 cm³/mol. The summed E-state index contributed by atoms with van der Waals surface area (Å²) in [5.41, 5.74) is 2.00. The van der Waals surface area contributed by atoms with Gasteiger partial charge in [0.2, 0.25) is 5.91 Å². The number of carbonyl (C=O) groups is 1. The Morgan fingerprint density at radius 1 is 1.22 bits per heavy atom. The summed E-state index contributed by atoms with van der Waals surface area (Å²) in [6, 6.07) is 13.7. The summed E-state index contributed by atoms with van der Waals surface area (Å²) in [6.45, 7) is 1.93. The Morgan fingerprint density at radius 3 is 2.59 bits per heavy atom. The quantitative estimate of drug-likeness (QED) is 0.508. The van der Waals surface area contributed by atoms with Crippen LogP contribution in [0.1, 0.15) is 10.4 Å². The van der Waals surface area contributed by atoms with Crippen LogP contribution < -0.4 is 10.1 Å². The molecule has 0 fully saturated rings. The van der Waals surface area contributed by atoms with Gasteiger partial charge in [0.15, 0.2) is 5.13 Å². The Hall–Kier alpha value is -3.26. The number of methoxy groups -OCH3 is 1. The lowest BCUT2D eigenvalue weighted by molar-refractivity contribution is -0.385. The van der Waals surface area contributed by atoms with Crippen molar-refractivity contribution in [3.8, 4) is 17.0 Å². The average Bonchev–Trinajstić information content (AvgIpc) is 3.02. The maximum atomic E-state index is 12.3. The lowest BCUT2D eigenvalue weighted by atomic mass is 10.1. The molecule has 8 heteroatoms. The van der Waals surface area contributed by atoms with Gasteiger partial charge in [-0.3, -0.25) is 14.9 Å². The van der Waals surface area contributed by atoms with Crippen LogP contribution in [-0.2, 0) is 11.2 Å². The molecule has 1 N–H and O–H groups in total. The second-order valence-corrected chi connectivity index (χ2v) is 6.97. The Kier molecular flexibility index (Phi) is 5.46. The molecule has 2 aromatic carbocycles. The first-order chi connectivity index (χ1) is 13.0. The molecule has 27 heavy (non-hydrogen) atoms. The van der Waals surface area contributed by atoms with Gasteiger partial charge in [-0.1, -0.05) is 18.2 Å². The molecule has 138 valence electrons. The Balaban J connectivity index is 1.75. The zero-order chi connectivity index (χ0) is 19.4. The van der Waals surface area contributed by atoms with Crippen LogP contribution in [0.25, 0.3) is 11.3 Å². The molecule has 0 bridgehead atoms. The van der Waals surface area contributed by atoms with E-state index in [2.05, 4.69) is 10.3 Å². The molecule has 0 aliphatic carbocycles. The van der Waals surface area contributed by atoms with Crippen molar-refractivity contribution in [3.05, 3.63) is 69.1 Å². The molecular formula is C19H17N3O4S.